The van der Waals surface area contributed by atoms with E-state index in [1.807, 2.05) is 61.3 Å². The Kier molecular flexibility index (Phi) is 3.76. The fraction of sp³-hybridized carbons (Fsp3) is 0.111. The van der Waals surface area contributed by atoms with Gasteiger partial charge in [0, 0.05) is 23.4 Å². The molecule has 0 saturated heterocycles. The Hall–Kier alpha value is -3.33. The maximum atomic E-state index is 6.48. The van der Waals surface area contributed by atoms with Crippen LogP contribution in [-0.2, 0) is 16.5 Å². The van der Waals surface area contributed by atoms with Gasteiger partial charge < -0.3 is 18.5 Å². The average Bonchev–Trinajstić information content (AvgIpc) is 2.87. The van der Waals surface area contributed by atoms with Crippen LogP contribution in [-0.4, -0.2) is 6.66 Å². The van der Waals surface area contributed by atoms with E-state index in [2.05, 4.69) is 30.3 Å². The fourth-order valence-corrected chi connectivity index (χ4v) is 6.15. The summed E-state index contributed by atoms with van der Waals surface area (Å²) in [6, 6.07) is 28.8. The predicted molar refractivity (Wildman–Crippen MR) is 123 cm³/mol. The highest BCUT2D eigenvalue weighted by atomic mass is 31.2. The number of hydrogen-bond acceptors (Lipinski definition) is 4. The lowest BCUT2D eigenvalue weighted by Crippen LogP contribution is -2.38. The monoisotopic (exact) mass is 438 g/mol. The minimum atomic E-state index is -1.12. The Bertz CT molecular complexity index is 1360. The van der Waals surface area contributed by atoms with Gasteiger partial charge in [-0.15, -0.1) is 0 Å². The van der Waals surface area contributed by atoms with Crippen LogP contribution in [0, 0.1) is 0 Å². The largest absolute Gasteiger partial charge is 0.457 e. The molecule has 1 unspecified atom stereocenters. The second-order valence-electron chi connectivity index (χ2n) is 8.17. The molecule has 0 amide bonds. The first-order valence-electron chi connectivity index (χ1n) is 10.6. The van der Waals surface area contributed by atoms with E-state index in [1.165, 1.54) is 0 Å². The zero-order valence-electron chi connectivity index (χ0n) is 17.4. The van der Waals surface area contributed by atoms with Crippen LogP contribution >= 0.6 is 8.38 Å². The summed E-state index contributed by atoms with van der Waals surface area (Å²) in [5, 5.41) is 0. The van der Waals surface area contributed by atoms with Gasteiger partial charge in [0.25, 0.3) is 0 Å². The molecule has 3 aliphatic rings. The summed E-state index contributed by atoms with van der Waals surface area (Å²) in [7, 11) is -1.12. The topological polar surface area (TPSA) is 36.9 Å². The first-order valence-corrected chi connectivity index (χ1v) is 12.2. The molecule has 156 valence electrons. The van der Waals surface area contributed by atoms with Gasteiger partial charge in [-0.25, -0.2) is 0 Å². The molecule has 4 aromatic carbocycles. The number of ether oxygens (including phenoxy) is 2. The molecule has 2 atom stereocenters. The molecule has 3 aliphatic heterocycles. The highest BCUT2D eigenvalue weighted by Crippen LogP contribution is 2.65. The van der Waals surface area contributed by atoms with Gasteiger partial charge in [-0.1, -0.05) is 54.6 Å². The lowest BCUT2D eigenvalue weighted by molar-refractivity contribution is 0.306. The molecule has 4 aromatic rings. The van der Waals surface area contributed by atoms with Crippen molar-refractivity contribution in [1.29, 1.82) is 0 Å². The first kappa shape index (κ1) is 18.3. The highest BCUT2D eigenvalue weighted by molar-refractivity contribution is 7.46. The van der Waals surface area contributed by atoms with Crippen molar-refractivity contribution in [1.82, 2.24) is 0 Å². The van der Waals surface area contributed by atoms with E-state index in [0.29, 0.717) is 6.61 Å². The van der Waals surface area contributed by atoms with E-state index in [1.54, 1.807) is 0 Å². The lowest BCUT2D eigenvalue weighted by atomic mass is 9.61. The molecule has 0 N–H and O–H groups in total. The summed E-state index contributed by atoms with van der Waals surface area (Å²) in [5.41, 5.74) is 4.70. The Morgan fingerprint density at radius 2 is 1.19 bits per heavy atom. The smallest absolute Gasteiger partial charge is 0.227 e. The molecule has 1 spiro atoms. The second kappa shape index (κ2) is 6.59. The number of rotatable bonds is 0. The maximum absolute atomic E-state index is 6.48. The van der Waals surface area contributed by atoms with E-state index in [-0.39, 0.29) is 0 Å². The van der Waals surface area contributed by atoms with E-state index in [0.717, 1.165) is 56.6 Å². The Morgan fingerprint density at radius 3 is 1.91 bits per heavy atom. The number of hydrogen-bond donors (Lipinski definition) is 0. The molecule has 4 nitrogen and oxygen atoms in total. The molecule has 3 heterocycles. The van der Waals surface area contributed by atoms with Gasteiger partial charge in [0.1, 0.15) is 28.7 Å². The van der Waals surface area contributed by atoms with Crippen LogP contribution in [0.5, 0.6) is 28.7 Å². The van der Waals surface area contributed by atoms with Gasteiger partial charge in [-0.2, -0.15) is 0 Å². The second-order valence-corrected chi connectivity index (χ2v) is 9.49. The lowest BCUT2D eigenvalue weighted by Gasteiger charge is -2.45. The molecule has 5 heteroatoms. The van der Waals surface area contributed by atoms with Crippen LogP contribution < -0.4 is 14.0 Å². The van der Waals surface area contributed by atoms with Gasteiger partial charge in [0.05, 0.1) is 17.6 Å². The summed E-state index contributed by atoms with van der Waals surface area (Å²) >= 11 is 0. The van der Waals surface area contributed by atoms with Crippen molar-refractivity contribution in [2.45, 2.75) is 12.0 Å². The summed E-state index contributed by atoms with van der Waals surface area (Å²) in [5.74, 6) is 4.10. The van der Waals surface area contributed by atoms with E-state index >= 15 is 0 Å². The van der Waals surface area contributed by atoms with Crippen LogP contribution in [0.1, 0.15) is 27.8 Å². The van der Waals surface area contributed by atoms with Crippen molar-refractivity contribution < 1.29 is 18.5 Å². The summed E-state index contributed by atoms with van der Waals surface area (Å²) in [6.45, 7) is 2.44. The summed E-state index contributed by atoms with van der Waals surface area (Å²) in [4.78, 5) is 0. The minimum absolute atomic E-state index is 0.449. The SMILES string of the molecule is CP1OCc2cccc3c2[C@]2(c4ccccc4O3)c3ccccc3Oc3cccc(c32)O1. The third-order valence-electron chi connectivity index (χ3n) is 6.50. The Balaban J connectivity index is 1.75. The highest BCUT2D eigenvalue weighted by Gasteiger charge is 2.53. The standard InChI is InChI=1S/C27H19O4P/c1-32-28-16-17-8-6-13-22-25(17)27(18-9-2-4-11-20(18)29-22)19-10-3-5-12-21(19)30-23-14-7-15-24(31-32)26(23)27/h2-15H,16H2,1H3/t27-,32?/m0/s1. The molecule has 0 radical (unpaired) electrons. The summed E-state index contributed by atoms with van der Waals surface area (Å²) in [6.07, 6.45) is 0. The van der Waals surface area contributed by atoms with Gasteiger partial charge in [-0.05, 0) is 35.9 Å². The maximum Gasteiger partial charge on any atom is 0.227 e. The minimum Gasteiger partial charge on any atom is -0.457 e. The van der Waals surface area contributed by atoms with Crippen molar-refractivity contribution in [2.75, 3.05) is 6.66 Å². The van der Waals surface area contributed by atoms with Crippen molar-refractivity contribution in [3.05, 3.63) is 113 Å². The first-order chi connectivity index (χ1) is 15.8. The molecule has 32 heavy (non-hydrogen) atoms. The molecular weight excluding hydrogens is 419 g/mol. The van der Waals surface area contributed by atoms with Gasteiger partial charge in [0.15, 0.2) is 0 Å². The third kappa shape index (κ3) is 2.29. The molecule has 0 aliphatic carbocycles. The molecular formula is C27H19O4P. The summed E-state index contributed by atoms with van der Waals surface area (Å²) < 4.78 is 25.6. The van der Waals surface area contributed by atoms with Crippen LogP contribution in [0.15, 0.2) is 84.9 Å². The number of benzene rings is 4. The Morgan fingerprint density at radius 1 is 0.625 bits per heavy atom. The van der Waals surface area contributed by atoms with Crippen LogP contribution in [0.25, 0.3) is 0 Å². The van der Waals surface area contributed by atoms with Crippen molar-refractivity contribution in [3.63, 3.8) is 0 Å². The van der Waals surface area contributed by atoms with Crippen LogP contribution in [0.2, 0.25) is 0 Å². The number of fused-ring (bicyclic) bond motifs is 2. The average molecular weight is 438 g/mol. The molecule has 7 rings (SSSR count). The van der Waals surface area contributed by atoms with E-state index < -0.39 is 13.8 Å². The van der Waals surface area contributed by atoms with Crippen LogP contribution in [0.4, 0.5) is 0 Å². The van der Waals surface area contributed by atoms with Gasteiger partial charge in [-0.3, -0.25) is 0 Å². The van der Waals surface area contributed by atoms with E-state index in [9.17, 15) is 0 Å². The zero-order chi connectivity index (χ0) is 21.3. The molecule has 0 bridgehead atoms. The van der Waals surface area contributed by atoms with Crippen LogP contribution in [0.3, 0.4) is 0 Å². The molecule has 0 fully saturated rings. The third-order valence-corrected chi connectivity index (χ3v) is 7.45. The zero-order valence-corrected chi connectivity index (χ0v) is 18.3. The predicted octanol–water partition coefficient (Wildman–Crippen LogP) is 7.13. The quantitative estimate of drug-likeness (QED) is 0.236. The van der Waals surface area contributed by atoms with Gasteiger partial charge in [0.2, 0.25) is 8.38 Å². The van der Waals surface area contributed by atoms with Crippen molar-refractivity contribution in [2.24, 2.45) is 0 Å². The van der Waals surface area contributed by atoms with Crippen molar-refractivity contribution >= 4 is 8.38 Å². The number of para-hydroxylation sites is 2. The molecule has 0 saturated carbocycles. The van der Waals surface area contributed by atoms with Crippen molar-refractivity contribution in [3.8, 4) is 28.7 Å². The van der Waals surface area contributed by atoms with E-state index in [4.69, 9.17) is 18.5 Å². The normalized spacial score (nSPS) is 21.6. The molecule has 0 aromatic heterocycles. The van der Waals surface area contributed by atoms with Gasteiger partial charge >= 0.3 is 0 Å². The Labute approximate surface area is 187 Å². The fourth-order valence-electron chi connectivity index (χ4n) is 5.35.